The predicted octanol–water partition coefficient (Wildman–Crippen LogP) is 1.97. The molecule has 8 nitrogen and oxygen atoms in total. The van der Waals surface area contributed by atoms with E-state index in [4.69, 9.17) is 4.99 Å². The van der Waals surface area contributed by atoms with Gasteiger partial charge in [-0.05, 0) is 41.5 Å². The molecular formula is C20H18FN7OS. The van der Waals surface area contributed by atoms with E-state index in [9.17, 15) is 9.18 Å². The van der Waals surface area contributed by atoms with Crippen LogP contribution in [0, 0.1) is 5.82 Å². The molecule has 0 bridgehead atoms. The van der Waals surface area contributed by atoms with Gasteiger partial charge in [0.1, 0.15) is 15.6 Å². The Bertz CT molecular complexity index is 1130. The molecule has 152 valence electrons. The molecule has 0 spiro atoms. The lowest BCUT2D eigenvalue weighted by molar-refractivity contribution is -0.121. The van der Waals surface area contributed by atoms with E-state index in [1.54, 1.807) is 24.5 Å². The SMILES string of the molecule is CC12CC1(C(=O)NCc1cccnc1)SC(c1nnn(Cc3ccc(F)cc3)n1)=N2. The van der Waals surface area contributed by atoms with E-state index in [1.165, 1.54) is 28.7 Å². The number of nitrogens with one attached hydrogen (secondary N) is 1. The summed E-state index contributed by atoms with van der Waals surface area (Å²) in [6.07, 6.45) is 4.11. The van der Waals surface area contributed by atoms with E-state index in [2.05, 4.69) is 25.7 Å². The molecule has 2 unspecified atom stereocenters. The highest BCUT2D eigenvalue weighted by Gasteiger charge is 2.74. The zero-order valence-electron chi connectivity index (χ0n) is 16.1. The number of amides is 1. The van der Waals surface area contributed by atoms with Gasteiger partial charge < -0.3 is 5.32 Å². The summed E-state index contributed by atoms with van der Waals surface area (Å²) in [6.45, 7) is 2.77. The van der Waals surface area contributed by atoms with Gasteiger partial charge in [-0.2, -0.15) is 4.80 Å². The standard InChI is InChI=1S/C20H18FN7OS/c1-19-12-20(19,18(29)23-10-14-3-2-8-22-9-14)30-17(24-19)16-25-27-28(26-16)11-13-4-6-15(21)7-5-13/h2-9H,10-12H2,1H3,(H,23,29). The van der Waals surface area contributed by atoms with Gasteiger partial charge in [0, 0.05) is 25.4 Å². The highest BCUT2D eigenvalue weighted by Crippen LogP contribution is 2.65. The molecule has 1 aliphatic carbocycles. The third kappa shape index (κ3) is 3.26. The lowest BCUT2D eigenvalue weighted by Gasteiger charge is -2.13. The average molecular weight is 423 g/mol. The Balaban J connectivity index is 1.26. The van der Waals surface area contributed by atoms with Gasteiger partial charge in [-0.15, -0.1) is 10.2 Å². The number of aliphatic imine (C=N–C) groups is 1. The number of carbonyl (C=O) groups excluding carboxylic acids is 1. The summed E-state index contributed by atoms with van der Waals surface area (Å²) < 4.78 is 12.4. The fourth-order valence-corrected chi connectivity index (χ4v) is 5.11. The maximum atomic E-state index is 13.1. The first kappa shape index (κ1) is 18.9. The number of hydrogen-bond acceptors (Lipinski definition) is 7. The van der Waals surface area contributed by atoms with Crippen LogP contribution in [-0.4, -0.2) is 46.4 Å². The molecule has 1 amide bonds. The number of carbonyl (C=O) groups is 1. The number of benzene rings is 1. The first-order valence-corrected chi connectivity index (χ1v) is 10.3. The fraction of sp³-hybridized carbons (Fsp3) is 0.300. The lowest BCUT2D eigenvalue weighted by Crippen LogP contribution is -2.37. The molecule has 2 aromatic heterocycles. The molecule has 2 atom stereocenters. The minimum Gasteiger partial charge on any atom is -0.351 e. The Kier molecular flexibility index (Phi) is 4.39. The van der Waals surface area contributed by atoms with Crippen molar-refractivity contribution in [1.82, 2.24) is 30.5 Å². The van der Waals surface area contributed by atoms with E-state index in [0.29, 0.717) is 30.4 Å². The second-order valence-electron chi connectivity index (χ2n) is 7.61. The summed E-state index contributed by atoms with van der Waals surface area (Å²) in [4.78, 5) is 23.1. The molecule has 1 fully saturated rings. The molecule has 3 heterocycles. The van der Waals surface area contributed by atoms with Crippen LogP contribution in [0.15, 0.2) is 53.8 Å². The summed E-state index contributed by atoms with van der Waals surface area (Å²) >= 11 is 1.40. The van der Waals surface area contributed by atoms with Gasteiger partial charge in [-0.1, -0.05) is 30.0 Å². The summed E-state index contributed by atoms with van der Waals surface area (Å²) in [5.41, 5.74) is 1.34. The Morgan fingerprint density at radius 2 is 2.10 bits per heavy atom. The Morgan fingerprint density at radius 3 is 2.87 bits per heavy atom. The monoisotopic (exact) mass is 423 g/mol. The second kappa shape index (κ2) is 6.98. The molecule has 3 aromatic rings. The minimum atomic E-state index is -0.632. The molecule has 30 heavy (non-hydrogen) atoms. The van der Waals surface area contributed by atoms with Crippen molar-refractivity contribution in [1.29, 1.82) is 0 Å². The van der Waals surface area contributed by atoms with Crippen molar-refractivity contribution in [3.63, 3.8) is 0 Å². The normalized spacial score (nSPS) is 24.3. The van der Waals surface area contributed by atoms with Crippen molar-refractivity contribution in [3.8, 4) is 0 Å². The van der Waals surface area contributed by atoms with Crippen LogP contribution in [0.4, 0.5) is 4.39 Å². The van der Waals surface area contributed by atoms with E-state index in [0.717, 1.165) is 11.1 Å². The fourth-order valence-electron chi connectivity index (χ4n) is 3.57. The number of thioether (sulfide) groups is 1. The summed E-state index contributed by atoms with van der Waals surface area (Å²) in [5.74, 6) is 0.0635. The average Bonchev–Trinajstić information content (AvgIpc) is 3.06. The van der Waals surface area contributed by atoms with Crippen LogP contribution in [0.2, 0.25) is 0 Å². The highest BCUT2D eigenvalue weighted by molar-refractivity contribution is 8.16. The van der Waals surface area contributed by atoms with Crippen LogP contribution in [-0.2, 0) is 17.9 Å². The quantitative estimate of drug-likeness (QED) is 0.651. The van der Waals surface area contributed by atoms with Crippen molar-refractivity contribution < 1.29 is 9.18 Å². The van der Waals surface area contributed by atoms with Gasteiger partial charge in [0.15, 0.2) is 0 Å². The molecule has 1 saturated carbocycles. The number of pyridine rings is 1. The maximum absolute atomic E-state index is 13.1. The van der Waals surface area contributed by atoms with Gasteiger partial charge in [0.25, 0.3) is 0 Å². The number of hydrogen-bond donors (Lipinski definition) is 1. The Labute approximate surface area is 176 Å². The third-order valence-electron chi connectivity index (χ3n) is 5.38. The summed E-state index contributed by atoms with van der Waals surface area (Å²) in [6, 6.07) is 9.91. The Hall–Kier alpha value is -3.14. The first-order chi connectivity index (χ1) is 14.5. The van der Waals surface area contributed by atoms with Crippen LogP contribution in [0.3, 0.4) is 0 Å². The van der Waals surface area contributed by atoms with Crippen molar-refractivity contribution >= 4 is 22.7 Å². The van der Waals surface area contributed by atoms with Gasteiger partial charge in [-0.3, -0.25) is 14.8 Å². The molecule has 1 aromatic carbocycles. The van der Waals surface area contributed by atoms with Crippen LogP contribution in [0.1, 0.15) is 30.3 Å². The van der Waals surface area contributed by atoms with Crippen molar-refractivity contribution in [2.24, 2.45) is 4.99 Å². The van der Waals surface area contributed by atoms with Crippen LogP contribution in [0.25, 0.3) is 0 Å². The van der Waals surface area contributed by atoms with E-state index in [1.807, 2.05) is 19.1 Å². The lowest BCUT2D eigenvalue weighted by atomic mass is 10.2. The number of aromatic nitrogens is 5. The number of rotatable bonds is 6. The molecule has 1 aliphatic heterocycles. The summed E-state index contributed by atoms with van der Waals surface area (Å²) in [7, 11) is 0. The van der Waals surface area contributed by atoms with Crippen molar-refractivity contribution in [2.75, 3.05) is 0 Å². The van der Waals surface area contributed by atoms with E-state index >= 15 is 0 Å². The Morgan fingerprint density at radius 1 is 1.27 bits per heavy atom. The molecule has 10 heteroatoms. The smallest absolute Gasteiger partial charge is 0.239 e. The molecule has 1 N–H and O–H groups in total. The van der Waals surface area contributed by atoms with Crippen molar-refractivity contribution in [2.45, 2.75) is 36.7 Å². The zero-order chi connectivity index (χ0) is 20.8. The van der Waals surface area contributed by atoms with Gasteiger partial charge in [0.2, 0.25) is 11.7 Å². The van der Waals surface area contributed by atoms with E-state index < -0.39 is 10.3 Å². The van der Waals surface area contributed by atoms with Crippen LogP contribution < -0.4 is 5.32 Å². The largest absolute Gasteiger partial charge is 0.351 e. The van der Waals surface area contributed by atoms with Gasteiger partial charge in [-0.25, -0.2) is 4.39 Å². The molecule has 2 aliphatic rings. The zero-order valence-corrected chi connectivity index (χ0v) is 16.9. The summed E-state index contributed by atoms with van der Waals surface area (Å²) in [5, 5.41) is 16.2. The second-order valence-corrected chi connectivity index (χ2v) is 8.90. The number of tetrazole rings is 1. The molecule has 0 radical (unpaired) electrons. The maximum Gasteiger partial charge on any atom is 0.239 e. The molecule has 0 saturated heterocycles. The van der Waals surface area contributed by atoms with Crippen molar-refractivity contribution in [3.05, 3.63) is 71.6 Å². The molecular weight excluding hydrogens is 405 g/mol. The van der Waals surface area contributed by atoms with Gasteiger partial charge >= 0.3 is 0 Å². The first-order valence-electron chi connectivity index (χ1n) is 9.46. The van der Waals surface area contributed by atoms with E-state index in [-0.39, 0.29) is 11.7 Å². The highest BCUT2D eigenvalue weighted by atomic mass is 32.2. The van der Waals surface area contributed by atoms with Crippen LogP contribution in [0.5, 0.6) is 0 Å². The molecule has 5 rings (SSSR count). The third-order valence-corrected chi connectivity index (χ3v) is 6.97. The topological polar surface area (TPSA) is 98.0 Å². The number of nitrogens with zero attached hydrogens (tertiary/aromatic N) is 6. The minimum absolute atomic E-state index is 0.0451. The predicted molar refractivity (Wildman–Crippen MR) is 109 cm³/mol. The van der Waals surface area contributed by atoms with Crippen LogP contribution >= 0.6 is 11.8 Å². The number of halogens is 1. The number of fused-ring (bicyclic) bond motifs is 1. The van der Waals surface area contributed by atoms with Gasteiger partial charge in [0.05, 0.1) is 12.1 Å².